The highest BCUT2D eigenvalue weighted by molar-refractivity contribution is 5.55. The lowest BCUT2D eigenvalue weighted by Crippen LogP contribution is -2.13. The number of hydrogen-bond donors (Lipinski definition) is 1. The van der Waals surface area contributed by atoms with Gasteiger partial charge in [0, 0.05) is 12.5 Å². The third kappa shape index (κ3) is 4.78. The van der Waals surface area contributed by atoms with Gasteiger partial charge in [0.2, 0.25) is 0 Å². The van der Waals surface area contributed by atoms with E-state index < -0.39 is 0 Å². The Balaban J connectivity index is 1.97. The first-order chi connectivity index (χ1) is 7.38. The second-order valence-corrected chi connectivity index (χ2v) is 4.77. The van der Waals surface area contributed by atoms with E-state index in [0.29, 0.717) is 11.8 Å². The normalized spacial score (nSPS) is 25.7. The third-order valence-corrected chi connectivity index (χ3v) is 3.50. The summed E-state index contributed by atoms with van der Waals surface area (Å²) in [7, 11) is 0. The van der Waals surface area contributed by atoms with E-state index in [4.69, 9.17) is 0 Å². The fourth-order valence-corrected chi connectivity index (χ4v) is 2.42. The third-order valence-electron chi connectivity index (χ3n) is 3.50. The van der Waals surface area contributed by atoms with Gasteiger partial charge in [-0.25, -0.2) is 0 Å². The maximum atomic E-state index is 10.8. The fourth-order valence-electron chi connectivity index (χ4n) is 2.42. The van der Waals surface area contributed by atoms with Crippen LogP contribution in [0.25, 0.3) is 0 Å². The summed E-state index contributed by atoms with van der Waals surface area (Å²) in [4.78, 5) is 10.8. The Morgan fingerprint density at radius 1 is 1.13 bits per heavy atom. The molecule has 1 aliphatic heterocycles. The molecule has 0 radical (unpaired) electrons. The van der Waals surface area contributed by atoms with Crippen molar-refractivity contribution in [2.24, 2.45) is 11.8 Å². The van der Waals surface area contributed by atoms with Crippen molar-refractivity contribution >= 4 is 6.29 Å². The molecule has 1 fully saturated rings. The van der Waals surface area contributed by atoms with E-state index >= 15 is 0 Å². The monoisotopic (exact) mass is 211 g/mol. The van der Waals surface area contributed by atoms with Gasteiger partial charge in [0.15, 0.2) is 0 Å². The van der Waals surface area contributed by atoms with Gasteiger partial charge in [-0.15, -0.1) is 0 Å². The van der Waals surface area contributed by atoms with Gasteiger partial charge in [-0.1, -0.05) is 45.4 Å². The molecule has 1 rings (SSSR count). The Bertz CT molecular complexity index is 170. The van der Waals surface area contributed by atoms with Crippen LogP contribution in [0.15, 0.2) is 0 Å². The largest absolute Gasteiger partial charge is 0.316 e. The van der Waals surface area contributed by atoms with Crippen molar-refractivity contribution in [2.75, 3.05) is 13.1 Å². The standard InChI is InChI=1S/C13H25NO/c1-2-3-4-5-6-7-8-12-9-14-10-13(12)11-15/h11-14H,2-10H2,1H3/t12-,13-/m1/s1. The average molecular weight is 211 g/mol. The molecule has 0 bridgehead atoms. The maximum Gasteiger partial charge on any atom is 0.124 e. The number of carbonyl (C=O) groups excluding carboxylic acids is 1. The van der Waals surface area contributed by atoms with Gasteiger partial charge >= 0.3 is 0 Å². The van der Waals surface area contributed by atoms with Gasteiger partial charge in [-0.3, -0.25) is 0 Å². The lowest BCUT2D eigenvalue weighted by Gasteiger charge is -2.12. The van der Waals surface area contributed by atoms with Crippen LogP contribution >= 0.6 is 0 Å². The van der Waals surface area contributed by atoms with Crippen molar-refractivity contribution in [3.8, 4) is 0 Å². The maximum absolute atomic E-state index is 10.8. The fraction of sp³-hybridized carbons (Fsp3) is 0.923. The number of nitrogens with one attached hydrogen (secondary N) is 1. The minimum atomic E-state index is 0.292. The first-order valence-electron chi connectivity index (χ1n) is 6.54. The van der Waals surface area contributed by atoms with Crippen LogP contribution in [0.5, 0.6) is 0 Å². The van der Waals surface area contributed by atoms with Crippen molar-refractivity contribution in [3.05, 3.63) is 0 Å². The molecule has 0 saturated carbocycles. The minimum Gasteiger partial charge on any atom is -0.316 e. The van der Waals surface area contributed by atoms with Crippen LogP contribution in [0.2, 0.25) is 0 Å². The highest BCUT2D eigenvalue weighted by atomic mass is 16.1. The van der Waals surface area contributed by atoms with Gasteiger partial charge in [0.25, 0.3) is 0 Å². The summed E-state index contributed by atoms with van der Waals surface area (Å²) in [6.07, 6.45) is 10.5. The second-order valence-electron chi connectivity index (χ2n) is 4.77. The molecule has 0 spiro atoms. The molecule has 0 unspecified atom stereocenters. The molecule has 1 heterocycles. The summed E-state index contributed by atoms with van der Waals surface area (Å²) < 4.78 is 0. The number of carbonyl (C=O) groups is 1. The summed E-state index contributed by atoms with van der Waals surface area (Å²) in [5, 5.41) is 3.30. The molecule has 0 aromatic carbocycles. The Kier molecular flexibility index (Phi) is 6.66. The summed E-state index contributed by atoms with van der Waals surface area (Å²) in [5.74, 6) is 0.911. The molecule has 0 aliphatic carbocycles. The SMILES string of the molecule is CCCCCCCC[C@@H]1CNC[C@@H]1C=O. The molecule has 2 nitrogen and oxygen atoms in total. The smallest absolute Gasteiger partial charge is 0.124 e. The average Bonchev–Trinajstić information content (AvgIpc) is 2.70. The Labute approximate surface area is 93.8 Å². The van der Waals surface area contributed by atoms with Gasteiger partial charge in [0.05, 0.1) is 0 Å². The molecular weight excluding hydrogens is 186 g/mol. The molecule has 1 saturated heterocycles. The van der Waals surface area contributed by atoms with Crippen LogP contribution in [0.4, 0.5) is 0 Å². The van der Waals surface area contributed by atoms with E-state index in [9.17, 15) is 4.79 Å². The highest BCUT2D eigenvalue weighted by Gasteiger charge is 2.25. The Morgan fingerprint density at radius 2 is 1.87 bits per heavy atom. The van der Waals surface area contributed by atoms with Crippen molar-refractivity contribution in [2.45, 2.75) is 51.9 Å². The van der Waals surface area contributed by atoms with Crippen LogP contribution < -0.4 is 5.32 Å². The van der Waals surface area contributed by atoms with E-state index in [1.807, 2.05) is 0 Å². The molecule has 88 valence electrons. The van der Waals surface area contributed by atoms with Crippen molar-refractivity contribution in [3.63, 3.8) is 0 Å². The predicted octanol–water partition coefficient (Wildman–Crippen LogP) is 2.77. The summed E-state index contributed by atoms with van der Waals surface area (Å²) in [5.41, 5.74) is 0. The number of aldehydes is 1. The van der Waals surface area contributed by atoms with E-state index in [1.54, 1.807) is 0 Å². The van der Waals surface area contributed by atoms with Gasteiger partial charge in [-0.05, 0) is 18.9 Å². The molecule has 0 amide bonds. The summed E-state index contributed by atoms with van der Waals surface area (Å²) in [6.45, 7) is 4.21. The van der Waals surface area contributed by atoms with Crippen LogP contribution in [-0.4, -0.2) is 19.4 Å². The molecule has 15 heavy (non-hydrogen) atoms. The molecular formula is C13H25NO. The lowest BCUT2D eigenvalue weighted by molar-refractivity contribution is -0.111. The quantitative estimate of drug-likeness (QED) is 0.494. The lowest BCUT2D eigenvalue weighted by atomic mass is 9.91. The summed E-state index contributed by atoms with van der Waals surface area (Å²) >= 11 is 0. The Hall–Kier alpha value is -0.370. The van der Waals surface area contributed by atoms with Crippen LogP contribution in [0, 0.1) is 11.8 Å². The molecule has 2 atom stereocenters. The van der Waals surface area contributed by atoms with Crippen molar-refractivity contribution in [1.29, 1.82) is 0 Å². The molecule has 0 aromatic heterocycles. The van der Waals surface area contributed by atoms with Gasteiger partial charge < -0.3 is 10.1 Å². The number of unbranched alkanes of at least 4 members (excludes halogenated alkanes) is 5. The van der Waals surface area contributed by atoms with Crippen LogP contribution in [0.3, 0.4) is 0 Å². The first kappa shape index (κ1) is 12.7. The Morgan fingerprint density at radius 3 is 2.60 bits per heavy atom. The second kappa shape index (κ2) is 7.86. The molecule has 2 heteroatoms. The zero-order valence-corrected chi connectivity index (χ0v) is 10.0. The van der Waals surface area contributed by atoms with Crippen molar-refractivity contribution in [1.82, 2.24) is 5.32 Å². The molecule has 0 aromatic rings. The van der Waals surface area contributed by atoms with Gasteiger partial charge in [0.1, 0.15) is 6.29 Å². The first-order valence-corrected chi connectivity index (χ1v) is 6.54. The van der Waals surface area contributed by atoms with Crippen LogP contribution in [-0.2, 0) is 4.79 Å². The predicted molar refractivity (Wildman–Crippen MR) is 63.9 cm³/mol. The zero-order valence-electron chi connectivity index (χ0n) is 10.0. The van der Waals surface area contributed by atoms with E-state index in [-0.39, 0.29) is 0 Å². The zero-order chi connectivity index (χ0) is 10.9. The van der Waals surface area contributed by atoms with E-state index in [1.165, 1.54) is 44.9 Å². The molecule has 1 N–H and O–H groups in total. The minimum absolute atomic E-state index is 0.292. The summed E-state index contributed by atoms with van der Waals surface area (Å²) in [6, 6.07) is 0. The van der Waals surface area contributed by atoms with Crippen LogP contribution in [0.1, 0.15) is 51.9 Å². The van der Waals surface area contributed by atoms with Crippen molar-refractivity contribution < 1.29 is 4.79 Å². The van der Waals surface area contributed by atoms with E-state index in [2.05, 4.69) is 12.2 Å². The topological polar surface area (TPSA) is 29.1 Å². The van der Waals surface area contributed by atoms with Gasteiger partial charge in [-0.2, -0.15) is 0 Å². The highest BCUT2D eigenvalue weighted by Crippen LogP contribution is 2.21. The number of hydrogen-bond acceptors (Lipinski definition) is 2. The van der Waals surface area contributed by atoms with E-state index in [0.717, 1.165) is 19.4 Å². The molecule has 1 aliphatic rings. The number of rotatable bonds is 8.